The maximum atomic E-state index is 14.1. The lowest BCUT2D eigenvalue weighted by Gasteiger charge is -2.43. The van der Waals surface area contributed by atoms with Crippen LogP contribution in [0.25, 0.3) is 0 Å². The molecule has 4 rings (SSSR count). The molecule has 2 aliphatic heterocycles. The first-order chi connectivity index (χ1) is 15.5. The van der Waals surface area contributed by atoms with Crippen molar-refractivity contribution in [1.29, 1.82) is 0 Å². The number of amides is 2. The second-order valence-electron chi connectivity index (χ2n) is 8.92. The van der Waals surface area contributed by atoms with E-state index in [2.05, 4.69) is 4.98 Å². The first kappa shape index (κ1) is 22.5. The molecule has 0 radical (unpaired) electrons. The van der Waals surface area contributed by atoms with Crippen molar-refractivity contribution >= 4 is 11.8 Å². The van der Waals surface area contributed by atoms with E-state index in [1.807, 2.05) is 23.6 Å². The lowest BCUT2D eigenvalue weighted by molar-refractivity contribution is -0.136. The van der Waals surface area contributed by atoms with Gasteiger partial charge in [-0.25, -0.2) is 9.37 Å². The third-order valence-corrected chi connectivity index (χ3v) is 6.88. The third-order valence-electron chi connectivity index (χ3n) is 6.88. The van der Waals surface area contributed by atoms with Crippen molar-refractivity contribution in [3.63, 3.8) is 0 Å². The summed E-state index contributed by atoms with van der Waals surface area (Å²) in [6, 6.07) is 6.67. The molecule has 0 aliphatic carbocycles. The molecule has 2 saturated heterocycles. The van der Waals surface area contributed by atoms with Crippen molar-refractivity contribution in [2.45, 2.75) is 64.8 Å². The quantitative estimate of drug-likeness (QED) is 0.699. The second kappa shape index (κ2) is 9.84. The molecule has 3 heterocycles. The van der Waals surface area contributed by atoms with Crippen molar-refractivity contribution in [2.24, 2.45) is 5.92 Å². The summed E-state index contributed by atoms with van der Waals surface area (Å²) in [4.78, 5) is 34.1. The van der Waals surface area contributed by atoms with Crippen LogP contribution in [0.1, 0.15) is 66.7 Å². The maximum absolute atomic E-state index is 14.1. The van der Waals surface area contributed by atoms with E-state index in [-0.39, 0.29) is 30.1 Å². The van der Waals surface area contributed by atoms with Crippen LogP contribution in [0.2, 0.25) is 0 Å². The van der Waals surface area contributed by atoms with Crippen LogP contribution in [-0.2, 0) is 17.6 Å². The van der Waals surface area contributed by atoms with E-state index in [1.54, 1.807) is 18.2 Å². The number of aromatic nitrogens is 1. The van der Waals surface area contributed by atoms with Crippen LogP contribution in [0.3, 0.4) is 0 Å². The molecule has 6 nitrogen and oxygen atoms in total. The minimum atomic E-state index is -0.324. The highest BCUT2D eigenvalue weighted by molar-refractivity contribution is 5.92. The molecule has 2 amide bonds. The van der Waals surface area contributed by atoms with Gasteiger partial charge in [0.05, 0.1) is 12.1 Å². The summed E-state index contributed by atoms with van der Waals surface area (Å²) < 4.78 is 19.7. The fraction of sp³-hybridized carbons (Fsp3) is 0.560. The van der Waals surface area contributed by atoms with Crippen LogP contribution in [-0.4, -0.2) is 52.3 Å². The molecule has 172 valence electrons. The fourth-order valence-electron chi connectivity index (χ4n) is 5.10. The van der Waals surface area contributed by atoms with Gasteiger partial charge in [-0.1, -0.05) is 25.1 Å². The molecular formula is C25H32FN3O3. The van der Waals surface area contributed by atoms with Crippen LogP contribution in [0.15, 0.2) is 28.7 Å². The number of aryl methyl sites for hydroxylation is 2. The average Bonchev–Trinajstić information content (AvgIpc) is 3.21. The highest BCUT2D eigenvalue weighted by Crippen LogP contribution is 2.32. The minimum Gasteiger partial charge on any atom is -0.435 e. The number of rotatable bonds is 5. The van der Waals surface area contributed by atoms with Gasteiger partial charge >= 0.3 is 0 Å². The summed E-state index contributed by atoms with van der Waals surface area (Å²) in [7, 11) is 0. The first-order valence-corrected chi connectivity index (χ1v) is 11.8. The summed E-state index contributed by atoms with van der Waals surface area (Å²) >= 11 is 0. The molecule has 1 atom stereocenters. The van der Waals surface area contributed by atoms with Gasteiger partial charge in [-0.05, 0) is 56.6 Å². The molecule has 0 saturated carbocycles. The molecule has 0 N–H and O–H groups in total. The van der Waals surface area contributed by atoms with Crippen molar-refractivity contribution in [3.8, 4) is 0 Å². The van der Waals surface area contributed by atoms with Crippen LogP contribution in [0, 0.1) is 18.7 Å². The zero-order valence-corrected chi connectivity index (χ0v) is 19.0. The van der Waals surface area contributed by atoms with E-state index in [4.69, 9.17) is 4.42 Å². The highest BCUT2D eigenvalue weighted by Gasteiger charge is 2.36. The molecule has 2 fully saturated rings. The molecule has 2 aliphatic rings. The van der Waals surface area contributed by atoms with Gasteiger partial charge in [0.1, 0.15) is 5.82 Å². The summed E-state index contributed by atoms with van der Waals surface area (Å²) in [5.41, 5.74) is 1.10. The molecule has 0 bridgehead atoms. The zero-order chi connectivity index (χ0) is 22.7. The van der Waals surface area contributed by atoms with Crippen LogP contribution in [0.5, 0.6) is 0 Å². The molecule has 32 heavy (non-hydrogen) atoms. The predicted molar refractivity (Wildman–Crippen MR) is 119 cm³/mol. The molecule has 1 unspecified atom stereocenters. The van der Waals surface area contributed by atoms with Gasteiger partial charge in [-0.2, -0.15) is 0 Å². The van der Waals surface area contributed by atoms with E-state index < -0.39 is 0 Å². The predicted octanol–water partition coefficient (Wildman–Crippen LogP) is 4.16. The summed E-state index contributed by atoms with van der Waals surface area (Å²) in [5, 5.41) is 0. The van der Waals surface area contributed by atoms with E-state index in [1.165, 1.54) is 6.07 Å². The summed E-state index contributed by atoms with van der Waals surface area (Å²) in [6.45, 7) is 5.79. The number of likely N-dealkylation sites (tertiary alicyclic amines) is 2. The average molecular weight is 442 g/mol. The fourth-order valence-corrected chi connectivity index (χ4v) is 5.10. The van der Waals surface area contributed by atoms with E-state index >= 15 is 0 Å². The molecule has 7 heteroatoms. The number of carbonyl (C=O) groups is 2. The Bertz CT molecular complexity index is 965. The number of oxazole rings is 1. The number of hydrogen-bond acceptors (Lipinski definition) is 4. The van der Waals surface area contributed by atoms with E-state index in [0.717, 1.165) is 38.6 Å². The Morgan fingerprint density at radius 2 is 1.88 bits per heavy atom. The smallest absolute Gasteiger partial charge is 0.291 e. The van der Waals surface area contributed by atoms with E-state index in [0.29, 0.717) is 48.3 Å². The van der Waals surface area contributed by atoms with Gasteiger partial charge in [0.2, 0.25) is 11.7 Å². The summed E-state index contributed by atoms with van der Waals surface area (Å²) in [6.07, 6.45) is 5.54. The Labute approximate surface area is 188 Å². The van der Waals surface area contributed by atoms with Crippen molar-refractivity contribution in [3.05, 3.63) is 53.0 Å². The molecule has 2 aromatic rings. The molecule has 1 aromatic carbocycles. The van der Waals surface area contributed by atoms with Gasteiger partial charge in [-0.3, -0.25) is 9.59 Å². The number of hydrogen-bond donors (Lipinski definition) is 0. The highest BCUT2D eigenvalue weighted by atomic mass is 19.1. The number of piperidine rings is 2. The Hall–Kier alpha value is -2.70. The molecule has 0 spiro atoms. The number of halogens is 1. The summed E-state index contributed by atoms with van der Waals surface area (Å²) in [5.74, 6) is 0.875. The van der Waals surface area contributed by atoms with Crippen molar-refractivity contribution in [2.75, 3.05) is 19.6 Å². The monoisotopic (exact) mass is 441 g/mol. The molecule has 1 aromatic heterocycles. The zero-order valence-electron chi connectivity index (χ0n) is 19.0. The number of benzene rings is 1. The Morgan fingerprint density at radius 3 is 2.56 bits per heavy atom. The van der Waals surface area contributed by atoms with Crippen molar-refractivity contribution in [1.82, 2.24) is 14.8 Å². The SMILES string of the molecule is CCc1nc(C)c(C(=O)N2CCC(C3CCCCN3C(=O)Cc3ccccc3F)CC2)o1. The largest absolute Gasteiger partial charge is 0.435 e. The standard InChI is InChI=1S/C25H32FN3O3/c1-3-22-27-17(2)24(32-22)25(31)28-14-11-18(12-15-28)21-10-6-7-13-29(21)23(30)16-19-8-4-5-9-20(19)26/h4-5,8-9,18,21H,3,6-7,10-16H2,1-2H3. The van der Waals surface area contributed by atoms with Crippen molar-refractivity contribution < 1.29 is 18.4 Å². The molecular weight excluding hydrogens is 409 g/mol. The maximum Gasteiger partial charge on any atom is 0.291 e. The van der Waals surface area contributed by atoms with Gasteiger partial charge in [0.25, 0.3) is 5.91 Å². The number of nitrogens with zero attached hydrogens (tertiary/aromatic N) is 3. The van der Waals surface area contributed by atoms with Crippen LogP contribution in [0.4, 0.5) is 4.39 Å². The number of carbonyl (C=O) groups excluding carboxylic acids is 2. The minimum absolute atomic E-state index is 0.00249. The Kier molecular flexibility index (Phi) is 6.92. The van der Waals surface area contributed by atoms with E-state index in [9.17, 15) is 14.0 Å². The normalized spacial score (nSPS) is 19.9. The van der Waals surface area contributed by atoms with Gasteiger partial charge in [0.15, 0.2) is 5.89 Å². The second-order valence-corrected chi connectivity index (χ2v) is 8.92. The lowest BCUT2D eigenvalue weighted by Crippen LogP contribution is -2.51. The van der Waals surface area contributed by atoms with Gasteiger partial charge in [0, 0.05) is 32.1 Å². The van der Waals surface area contributed by atoms with Gasteiger partial charge in [-0.15, -0.1) is 0 Å². The lowest BCUT2D eigenvalue weighted by atomic mass is 9.83. The van der Waals surface area contributed by atoms with Crippen LogP contribution < -0.4 is 0 Å². The Balaban J connectivity index is 1.39. The first-order valence-electron chi connectivity index (χ1n) is 11.8. The Morgan fingerprint density at radius 1 is 1.12 bits per heavy atom. The topological polar surface area (TPSA) is 66.7 Å². The third kappa shape index (κ3) is 4.71. The van der Waals surface area contributed by atoms with Gasteiger partial charge < -0.3 is 14.2 Å². The van der Waals surface area contributed by atoms with Crippen LogP contribution >= 0.6 is 0 Å².